The number of aromatic nitrogens is 4. The molecule has 0 unspecified atom stereocenters. The predicted octanol–water partition coefficient (Wildman–Crippen LogP) is 4.97. The molecule has 10 atom stereocenters. The van der Waals surface area contributed by atoms with E-state index in [1.54, 1.807) is 66.7 Å². The molecule has 4 aromatic rings. The van der Waals surface area contributed by atoms with Gasteiger partial charge in [0.2, 0.25) is 23.5 Å². The van der Waals surface area contributed by atoms with Crippen molar-refractivity contribution in [1.29, 1.82) is 0 Å². The molecule has 21 nitrogen and oxygen atoms in total. The average Bonchev–Trinajstić information content (AvgIpc) is 3.85. The molecule has 7 N–H and O–H groups in total. The zero-order valence-corrected chi connectivity index (χ0v) is 44.4. The van der Waals surface area contributed by atoms with Crippen LogP contribution in [0.25, 0.3) is 11.4 Å². The molecule has 21 heteroatoms. The Morgan fingerprint density at radius 3 is 2.35 bits per heavy atom. The summed E-state index contributed by atoms with van der Waals surface area (Å²) in [7, 11) is 0. The van der Waals surface area contributed by atoms with Crippen molar-refractivity contribution in [3.05, 3.63) is 120 Å². The molecule has 80 heavy (non-hydrogen) atoms. The normalized spacial score (nSPS) is 31.5. The Labute approximate surface area is 460 Å². The number of anilines is 2. The summed E-state index contributed by atoms with van der Waals surface area (Å²) >= 11 is 0. The zero-order chi connectivity index (χ0) is 56.2. The van der Waals surface area contributed by atoms with Crippen LogP contribution in [0.4, 0.5) is 16.2 Å². The van der Waals surface area contributed by atoms with Crippen molar-refractivity contribution in [3.63, 3.8) is 0 Å². The number of carboxylic acids is 1. The van der Waals surface area contributed by atoms with E-state index in [2.05, 4.69) is 55.5 Å². The number of ketones is 2. The van der Waals surface area contributed by atoms with Crippen LogP contribution in [-0.4, -0.2) is 120 Å². The van der Waals surface area contributed by atoms with Crippen LogP contribution in [0.5, 0.6) is 0 Å². The molecule has 7 aliphatic carbocycles. The van der Waals surface area contributed by atoms with Crippen molar-refractivity contribution in [2.24, 2.45) is 39.4 Å². The number of allylic oxidation sites excluding steroid dienone is 4. The van der Waals surface area contributed by atoms with E-state index >= 15 is 0 Å². The smallest absolute Gasteiger partial charge is 0.411 e. The first-order valence-corrected chi connectivity index (χ1v) is 27.2. The highest BCUT2D eigenvalue weighted by molar-refractivity contribution is 6.01. The zero-order valence-electron chi connectivity index (χ0n) is 44.4. The molecular weight excluding hydrogens is 1030 g/mol. The molecular formula is C59H64N8O13. The van der Waals surface area contributed by atoms with Gasteiger partial charge in [-0.25, -0.2) is 4.79 Å². The van der Waals surface area contributed by atoms with Gasteiger partial charge in [0.1, 0.15) is 19.3 Å². The van der Waals surface area contributed by atoms with E-state index in [4.69, 9.17) is 14.2 Å². The van der Waals surface area contributed by atoms with E-state index in [-0.39, 0.29) is 53.8 Å². The number of carbonyl (C=O) groups is 7. The summed E-state index contributed by atoms with van der Waals surface area (Å²) < 4.78 is 19.4. The van der Waals surface area contributed by atoms with Crippen LogP contribution in [0, 0.1) is 39.4 Å². The molecule has 1 aliphatic heterocycles. The molecule has 2 heterocycles. The molecule has 3 aromatic carbocycles. The number of ether oxygens (including phenoxy) is 3. The minimum absolute atomic E-state index is 0.00123. The first-order chi connectivity index (χ1) is 38.3. The highest BCUT2D eigenvalue weighted by Gasteiger charge is 2.80. The number of aliphatic hydroxyl groups excluding tert-OH is 2. The van der Waals surface area contributed by atoms with Crippen molar-refractivity contribution >= 4 is 52.7 Å². The van der Waals surface area contributed by atoms with Crippen LogP contribution in [0.1, 0.15) is 88.3 Å². The SMILES string of the molecule is C[C@]12C=CC(=O)C=C1CC[C@@H]1[C@@H]2[C@@H](O)C[C@@]2(C)[C@H]1C[C@H]1O[C@H](C34CC(Cc5cccc(NC(=O)OCc6ccc(NC(=O)[C@H](CCC(=O)O)NC(=O)CNC(=O)Cc7ccc(-c8nncnn8)cc7)cc6)c5)(C3)C4)O[C@]12C(=O)CO. The largest absolute Gasteiger partial charge is 0.481 e. The summed E-state index contributed by atoms with van der Waals surface area (Å²) in [5.41, 5.74) is 2.04. The van der Waals surface area contributed by atoms with Gasteiger partial charge in [0.25, 0.3) is 0 Å². The number of benzene rings is 3. The highest BCUT2D eigenvalue weighted by atomic mass is 16.7. The first-order valence-electron chi connectivity index (χ1n) is 27.2. The third-order valence-electron chi connectivity index (χ3n) is 18.5. The first kappa shape index (κ1) is 54.4. The third kappa shape index (κ3) is 9.97. The minimum atomic E-state index is -1.38. The number of hydrogen-bond donors (Lipinski definition) is 7. The van der Waals surface area contributed by atoms with Crippen LogP contribution in [-0.2, 0) is 62.4 Å². The summed E-state index contributed by atoms with van der Waals surface area (Å²) in [6, 6.07) is 19.6. The lowest BCUT2D eigenvalue weighted by Gasteiger charge is -2.72. The number of carbonyl (C=O) groups excluding carboxylic acids is 6. The fourth-order valence-electron chi connectivity index (χ4n) is 15.2. The Hall–Kier alpha value is -7.59. The second-order valence-electron chi connectivity index (χ2n) is 23.6. The molecule has 1 aromatic heterocycles. The number of nitrogens with one attached hydrogen (secondary N) is 4. The molecule has 6 saturated carbocycles. The number of hydrogen-bond acceptors (Lipinski definition) is 16. The highest BCUT2D eigenvalue weighted by Crippen LogP contribution is 2.79. The number of amides is 4. The number of nitrogens with zero attached hydrogens (tertiary/aromatic N) is 4. The topological polar surface area (TPSA) is 308 Å². The van der Waals surface area contributed by atoms with E-state index < -0.39 is 96.1 Å². The maximum absolute atomic E-state index is 14.1. The van der Waals surface area contributed by atoms with Gasteiger partial charge in [-0.2, -0.15) is 0 Å². The summed E-state index contributed by atoms with van der Waals surface area (Å²) in [6.07, 6.45) is 9.00. The number of fused-ring (bicyclic) bond motifs is 7. The average molecular weight is 1090 g/mol. The van der Waals surface area contributed by atoms with Gasteiger partial charge >= 0.3 is 12.1 Å². The van der Waals surface area contributed by atoms with Crippen molar-refractivity contribution in [3.8, 4) is 11.4 Å². The maximum atomic E-state index is 14.1. The molecule has 1 saturated heterocycles. The number of aliphatic hydroxyl groups is 2. The van der Waals surface area contributed by atoms with Crippen molar-refractivity contribution in [2.45, 2.75) is 121 Å². The molecule has 12 rings (SSSR count). The maximum Gasteiger partial charge on any atom is 0.411 e. The van der Waals surface area contributed by atoms with Crippen LogP contribution in [0.3, 0.4) is 0 Å². The predicted molar refractivity (Wildman–Crippen MR) is 284 cm³/mol. The van der Waals surface area contributed by atoms with Crippen LogP contribution >= 0.6 is 0 Å². The lowest BCUT2D eigenvalue weighted by molar-refractivity contribution is -0.323. The molecule has 0 spiro atoms. The monoisotopic (exact) mass is 1090 g/mol. The lowest BCUT2D eigenvalue weighted by Crippen LogP contribution is -2.69. The number of aliphatic carboxylic acids is 1. The number of rotatable bonds is 19. The molecule has 7 fully saturated rings. The van der Waals surface area contributed by atoms with E-state index in [1.165, 1.54) is 6.33 Å². The summed E-state index contributed by atoms with van der Waals surface area (Å²) in [4.78, 5) is 89.6. The Balaban J connectivity index is 0.633. The van der Waals surface area contributed by atoms with E-state index in [9.17, 15) is 48.9 Å². The van der Waals surface area contributed by atoms with Gasteiger partial charge in [-0.05, 0) is 128 Å². The summed E-state index contributed by atoms with van der Waals surface area (Å²) in [6.45, 7) is 2.95. The number of Topliss-reactive ketones (excluding diaryl/α,β-unsaturated/α-hetero) is 1. The van der Waals surface area contributed by atoms with Crippen LogP contribution in [0.2, 0.25) is 0 Å². The fourth-order valence-corrected chi connectivity index (χ4v) is 15.2. The summed E-state index contributed by atoms with van der Waals surface area (Å²) in [5.74, 6) is -3.09. The molecule has 418 valence electrons. The molecule has 4 amide bonds. The Morgan fingerprint density at radius 1 is 0.887 bits per heavy atom. The van der Waals surface area contributed by atoms with E-state index in [0.29, 0.717) is 46.7 Å². The Bertz CT molecular complexity index is 3170. The Kier molecular flexibility index (Phi) is 14.4. The fraction of sp³-hybridized carbons (Fsp3) is 0.475. The lowest BCUT2D eigenvalue weighted by atomic mass is 9.33. The van der Waals surface area contributed by atoms with Gasteiger partial charge in [-0.15, -0.1) is 20.4 Å². The van der Waals surface area contributed by atoms with Gasteiger partial charge in [0.05, 0.1) is 25.2 Å². The van der Waals surface area contributed by atoms with Gasteiger partial charge in [-0.1, -0.05) is 74.0 Å². The van der Waals surface area contributed by atoms with Crippen molar-refractivity contribution in [1.82, 2.24) is 31.0 Å². The molecule has 2 bridgehead atoms. The van der Waals surface area contributed by atoms with Crippen LogP contribution in [0.15, 0.2) is 103 Å². The second-order valence-corrected chi connectivity index (χ2v) is 23.6. The van der Waals surface area contributed by atoms with Gasteiger partial charge < -0.3 is 45.5 Å². The summed E-state index contributed by atoms with van der Waals surface area (Å²) in [5, 5.41) is 57.5. The Morgan fingerprint density at radius 2 is 1.62 bits per heavy atom. The van der Waals surface area contributed by atoms with Gasteiger partial charge in [0, 0.05) is 45.5 Å². The molecule has 0 radical (unpaired) electrons. The minimum Gasteiger partial charge on any atom is -0.481 e. The van der Waals surface area contributed by atoms with E-state index in [1.807, 2.05) is 24.3 Å². The van der Waals surface area contributed by atoms with Gasteiger partial charge in [-0.3, -0.25) is 34.1 Å². The van der Waals surface area contributed by atoms with Crippen molar-refractivity contribution < 1.29 is 63.1 Å². The van der Waals surface area contributed by atoms with E-state index in [0.717, 1.165) is 49.7 Å². The second kappa shape index (κ2) is 21.1. The third-order valence-corrected chi connectivity index (χ3v) is 18.5. The van der Waals surface area contributed by atoms with Gasteiger partial charge in [0.15, 0.2) is 29.8 Å². The molecule has 8 aliphatic rings. The quantitative estimate of drug-likeness (QED) is 0.0652. The van der Waals surface area contributed by atoms with Crippen molar-refractivity contribution in [2.75, 3.05) is 23.8 Å². The standard InChI is InChI=1S/C59H64N8O13/c1-55-19-18-40(69)22-37(55)12-15-41-42-23-46-59(45(71)27-68,56(42,2)25-44(70)50(41)55)80-53(79-46)58-29-57(30-58,31-58)24-35-4-3-5-39(20-35)64-54(77)78-28-34-8-13-38(14-9-34)63-52(76)43(16-17-49(74)75)65-48(73)26-60-47(72)21-33-6-10-36(11-7-33)51-66-61-32-62-67-51/h3-11,13-14,18-20,22,32,41-44,46,50,53,68,70H,12,15-17,21,23-31H2,1-2H3,(H,60,72)(H,63,76)(H,64,77)(H,65,73)(H,74,75)/t41-,42-,43-,44-,46+,50+,53-,55-,56-,57?,58?,59+/m0/s1. The van der Waals surface area contributed by atoms with Crippen LogP contribution < -0.4 is 21.3 Å². The number of carboxylic acid groups (broad SMARTS) is 1.